The molecule has 2 aromatic rings. The second-order valence-electron chi connectivity index (χ2n) is 6.91. The standard InChI is InChI=1S/C19H25N3O2S/c1-15-6-8-18(9-7-15)25(23,24)22-12-4-5-19(22)16-10-11-20-17(13-16)14-21(2)3/h6-11,13,19H,4-5,12,14H2,1-3H3/t19-/m1/s1. The van der Waals surface area contributed by atoms with Crippen LogP contribution in [0.2, 0.25) is 0 Å². The number of hydrogen-bond donors (Lipinski definition) is 0. The van der Waals surface area contributed by atoms with Crippen molar-refractivity contribution >= 4 is 10.0 Å². The molecule has 0 amide bonds. The smallest absolute Gasteiger partial charge is 0.243 e. The van der Waals surface area contributed by atoms with Crippen LogP contribution in [-0.4, -0.2) is 43.2 Å². The van der Waals surface area contributed by atoms with E-state index in [1.54, 1.807) is 22.6 Å². The third kappa shape index (κ3) is 3.92. The van der Waals surface area contributed by atoms with Gasteiger partial charge >= 0.3 is 0 Å². The van der Waals surface area contributed by atoms with Gasteiger partial charge in [0.25, 0.3) is 0 Å². The van der Waals surface area contributed by atoms with Crippen LogP contribution < -0.4 is 0 Å². The molecule has 6 heteroatoms. The van der Waals surface area contributed by atoms with Crippen molar-refractivity contribution in [2.75, 3.05) is 20.6 Å². The molecule has 0 unspecified atom stereocenters. The third-order valence-electron chi connectivity index (χ3n) is 4.53. The molecule has 1 aromatic heterocycles. The van der Waals surface area contributed by atoms with Crippen molar-refractivity contribution in [3.8, 4) is 0 Å². The van der Waals surface area contributed by atoms with Gasteiger partial charge < -0.3 is 4.90 Å². The zero-order chi connectivity index (χ0) is 18.0. The Labute approximate surface area is 150 Å². The van der Waals surface area contributed by atoms with E-state index < -0.39 is 10.0 Å². The Kier molecular flexibility index (Phi) is 5.22. The second-order valence-corrected chi connectivity index (χ2v) is 8.80. The van der Waals surface area contributed by atoms with Crippen LogP contribution in [0, 0.1) is 6.92 Å². The Morgan fingerprint density at radius 1 is 1.20 bits per heavy atom. The molecule has 0 radical (unpaired) electrons. The first-order chi connectivity index (χ1) is 11.9. The number of hydrogen-bond acceptors (Lipinski definition) is 4. The van der Waals surface area contributed by atoms with E-state index >= 15 is 0 Å². The van der Waals surface area contributed by atoms with Crippen molar-refractivity contribution in [1.29, 1.82) is 0 Å². The van der Waals surface area contributed by atoms with Gasteiger partial charge in [-0.25, -0.2) is 8.42 Å². The summed E-state index contributed by atoms with van der Waals surface area (Å²) in [5, 5.41) is 0. The summed E-state index contributed by atoms with van der Waals surface area (Å²) >= 11 is 0. The summed E-state index contributed by atoms with van der Waals surface area (Å²) in [6, 6.07) is 10.9. The second kappa shape index (κ2) is 7.23. The highest BCUT2D eigenvalue weighted by atomic mass is 32.2. The number of benzene rings is 1. The first kappa shape index (κ1) is 18.0. The lowest BCUT2D eigenvalue weighted by Crippen LogP contribution is -2.30. The summed E-state index contributed by atoms with van der Waals surface area (Å²) in [7, 11) is 0.510. The molecule has 3 rings (SSSR count). The first-order valence-corrected chi connectivity index (χ1v) is 10.00. The minimum atomic E-state index is -3.49. The number of sulfonamides is 1. The summed E-state index contributed by atoms with van der Waals surface area (Å²) in [5.74, 6) is 0. The third-order valence-corrected chi connectivity index (χ3v) is 6.46. The molecule has 1 saturated heterocycles. The van der Waals surface area contributed by atoms with Gasteiger partial charge in [-0.3, -0.25) is 4.98 Å². The minimum absolute atomic E-state index is 0.116. The summed E-state index contributed by atoms with van der Waals surface area (Å²) < 4.78 is 27.8. The average molecular weight is 359 g/mol. The molecule has 0 saturated carbocycles. The van der Waals surface area contributed by atoms with Crippen molar-refractivity contribution in [2.45, 2.75) is 37.2 Å². The molecule has 0 N–H and O–H groups in total. The van der Waals surface area contributed by atoms with Gasteiger partial charge in [-0.05, 0) is 63.7 Å². The molecule has 0 aliphatic carbocycles. The molecule has 1 aliphatic heterocycles. The van der Waals surface area contributed by atoms with Crippen LogP contribution in [0.5, 0.6) is 0 Å². The Bertz CT molecular complexity index is 832. The van der Waals surface area contributed by atoms with Crippen molar-refractivity contribution in [2.24, 2.45) is 0 Å². The summed E-state index contributed by atoms with van der Waals surface area (Å²) in [6.07, 6.45) is 3.50. The van der Waals surface area contributed by atoms with Gasteiger partial charge in [0, 0.05) is 19.3 Å². The van der Waals surface area contributed by atoms with E-state index in [4.69, 9.17) is 0 Å². The molecule has 1 atom stereocenters. The van der Waals surface area contributed by atoms with E-state index in [0.29, 0.717) is 11.4 Å². The average Bonchev–Trinajstić information content (AvgIpc) is 3.05. The molecule has 1 aromatic carbocycles. The molecule has 25 heavy (non-hydrogen) atoms. The monoisotopic (exact) mass is 359 g/mol. The highest BCUT2D eigenvalue weighted by Gasteiger charge is 2.36. The van der Waals surface area contributed by atoms with Gasteiger partial charge in [-0.15, -0.1) is 0 Å². The van der Waals surface area contributed by atoms with Crippen molar-refractivity contribution in [3.63, 3.8) is 0 Å². The van der Waals surface area contributed by atoms with E-state index in [-0.39, 0.29) is 6.04 Å². The number of nitrogens with zero attached hydrogens (tertiary/aromatic N) is 3. The number of pyridine rings is 1. The van der Waals surface area contributed by atoms with E-state index in [9.17, 15) is 8.42 Å². The van der Waals surface area contributed by atoms with Gasteiger partial charge in [0.05, 0.1) is 16.6 Å². The molecule has 134 valence electrons. The van der Waals surface area contributed by atoms with Crippen LogP contribution in [0.25, 0.3) is 0 Å². The maximum Gasteiger partial charge on any atom is 0.243 e. The fourth-order valence-electron chi connectivity index (χ4n) is 3.32. The Morgan fingerprint density at radius 3 is 2.60 bits per heavy atom. The fourth-order valence-corrected chi connectivity index (χ4v) is 5.00. The van der Waals surface area contributed by atoms with Crippen molar-refractivity contribution < 1.29 is 8.42 Å². The molecule has 5 nitrogen and oxygen atoms in total. The number of rotatable bonds is 5. The lowest BCUT2D eigenvalue weighted by molar-refractivity contribution is 0.388. The van der Waals surface area contributed by atoms with Crippen LogP contribution in [0.3, 0.4) is 0 Å². The van der Waals surface area contributed by atoms with E-state index in [2.05, 4.69) is 9.88 Å². The van der Waals surface area contributed by atoms with E-state index in [0.717, 1.165) is 36.2 Å². The van der Waals surface area contributed by atoms with Gasteiger partial charge in [0.1, 0.15) is 0 Å². The van der Waals surface area contributed by atoms with Crippen LogP contribution in [0.4, 0.5) is 0 Å². The predicted molar refractivity (Wildman–Crippen MR) is 98.7 cm³/mol. The maximum absolute atomic E-state index is 13.1. The van der Waals surface area contributed by atoms with Crippen LogP contribution >= 0.6 is 0 Å². The summed E-state index contributed by atoms with van der Waals surface area (Å²) in [4.78, 5) is 6.82. The SMILES string of the molecule is Cc1ccc(S(=O)(=O)N2CCC[C@@H]2c2ccnc(CN(C)C)c2)cc1. The van der Waals surface area contributed by atoms with Crippen molar-refractivity contribution in [3.05, 3.63) is 59.4 Å². The normalized spacial score (nSPS) is 18.8. The van der Waals surface area contributed by atoms with Gasteiger partial charge in [-0.1, -0.05) is 17.7 Å². The topological polar surface area (TPSA) is 53.5 Å². The minimum Gasteiger partial charge on any atom is -0.304 e. The molecule has 2 heterocycles. The highest BCUT2D eigenvalue weighted by molar-refractivity contribution is 7.89. The number of aryl methyl sites for hydroxylation is 1. The van der Waals surface area contributed by atoms with Gasteiger partial charge in [0.15, 0.2) is 0 Å². The summed E-state index contributed by atoms with van der Waals surface area (Å²) in [6.45, 7) is 3.26. The molecule has 1 aliphatic rings. The highest BCUT2D eigenvalue weighted by Crippen LogP contribution is 2.36. The molecule has 1 fully saturated rings. The molecular formula is C19H25N3O2S. The molecular weight excluding hydrogens is 334 g/mol. The zero-order valence-corrected chi connectivity index (χ0v) is 15.8. The van der Waals surface area contributed by atoms with Gasteiger partial charge in [-0.2, -0.15) is 4.31 Å². The largest absolute Gasteiger partial charge is 0.304 e. The summed E-state index contributed by atoms with van der Waals surface area (Å²) in [5.41, 5.74) is 3.04. The van der Waals surface area contributed by atoms with Crippen LogP contribution in [-0.2, 0) is 16.6 Å². The van der Waals surface area contributed by atoms with Crippen LogP contribution in [0.15, 0.2) is 47.5 Å². The lowest BCUT2D eigenvalue weighted by Gasteiger charge is -2.25. The van der Waals surface area contributed by atoms with Gasteiger partial charge in [0.2, 0.25) is 10.0 Å². The lowest BCUT2D eigenvalue weighted by atomic mass is 10.1. The van der Waals surface area contributed by atoms with Crippen LogP contribution in [0.1, 0.15) is 35.7 Å². The van der Waals surface area contributed by atoms with E-state index in [1.807, 2.05) is 45.3 Å². The van der Waals surface area contributed by atoms with Crippen molar-refractivity contribution in [1.82, 2.24) is 14.2 Å². The number of aromatic nitrogens is 1. The Balaban J connectivity index is 1.91. The quantitative estimate of drug-likeness (QED) is 0.824. The Hall–Kier alpha value is -1.76. The van der Waals surface area contributed by atoms with E-state index in [1.165, 1.54) is 0 Å². The molecule has 0 spiro atoms. The zero-order valence-electron chi connectivity index (χ0n) is 15.0. The first-order valence-electron chi connectivity index (χ1n) is 8.56. The predicted octanol–water partition coefficient (Wildman–Crippen LogP) is 2.98. The Morgan fingerprint density at radius 2 is 1.92 bits per heavy atom. The molecule has 0 bridgehead atoms. The fraction of sp³-hybridized carbons (Fsp3) is 0.421. The maximum atomic E-state index is 13.1.